The Morgan fingerprint density at radius 1 is 1.08 bits per heavy atom. The van der Waals surface area contributed by atoms with E-state index in [0.29, 0.717) is 23.3 Å². The van der Waals surface area contributed by atoms with Gasteiger partial charge in [0.15, 0.2) is 11.3 Å². The smallest absolute Gasteiger partial charge is 0.334 e. The van der Waals surface area contributed by atoms with Crippen LogP contribution in [0.2, 0.25) is 5.02 Å². The summed E-state index contributed by atoms with van der Waals surface area (Å²) in [6.45, 7) is 2.29. The molecule has 36 heavy (non-hydrogen) atoms. The van der Waals surface area contributed by atoms with Crippen molar-refractivity contribution in [1.29, 1.82) is 0 Å². The van der Waals surface area contributed by atoms with E-state index in [-0.39, 0.29) is 22.3 Å². The van der Waals surface area contributed by atoms with Crippen LogP contribution in [0.5, 0.6) is 0 Å². The maximum Gasteiger partial charge on any atom is 0.459 e. The quantitative estimate of drug-likeness (QED) is 0.316. The number of aromatic nitrogens is 5. The van der Waals surface area contributed by atoms with Gasteiger partial charge in [0.2, 0.25) is 0 Å². The van der Waals surface area contributed by atoms with Crippen LogP contribution in [0.1, 0.15) is 28.8 Å². The first-order valence-corrected chi connectivity index (χ1v) is 10.8. The van der Waals surface area contributed by atoms with Crippen LogP contribution in [0.3, 0.4) is 0 Å². The summed E-state index contributed by atoms with van der Waals surface area (Å²) in [6.07, 6.45) is -4.39. The molecule has 3 aromatic heterocycles. The van der Waals surface area contributed by atoms with E-state index in [9.17, 15) is 31.1 Å². The minimum atomic E-state index is -5.96. The Morgan fingerprint density at radius 3 is 2.33 bits per heavy atom. The van der Waals surface area contributed by atoms with E-state index in [0.717, 1.165) is 23.1 Å². The van der Waals surface area contributed by atoms with Gasteiger partial charge in [-0.2, -0.15) is 32.1 Å². The zero-order valence-electron chi connectivity index (χ0n) is 18.7. The lowest BCUT2D eigenvalue weighted by Crippen LogP contribution is -2.36. The Hall–Kier alpha value is -3.61. The highest BCUT2D eigenvalue weighted by Crippen LogP contribution is 2.44. The SMILES string of the molecule is CCn1cc(Cl)c(CN(C)C(=O)c2cc3nc(-c4ccc(F)cc4)cc(C(F)(F)C(F)(F)F)n3n2)n1. The van der Waals surface area contributed by atoms with Gasteiger partial charge in [-0.05, 0) is 37.3 Å². The van der Waals surface area contributed by atoms with E-state index in [4.69, 9.17) is 11.6 Å². The van der Waals surface area contributed by atoms with Crippen LogP contribution < -0.4 is 0 Å². The van der Waals surface area contributed by atoms with Crippen molar-refractivity contribution in [2.45, 2.75) is 32.1 Å². The number of rotatable bonds is 6. The van der Waals surface area contributed by atoms with Crippen molar-refractivity contribution < 1.29 is 31.1 Å². The van der Waals surface area contributed by atoms with Crippen molar-refractivity contribution in [2.24, 2.45) is 0 Å². The average molecular weight is 531 g/mol. The van der Waals surface area contributed by atoms with Crippen molar-refractivity contribution in [3.8, 4) is 11.3 Å². The number of carbonyl (C=O) groups excluding carboxylic acids is 1. The molecular formula is C22H17ClF6N6O. The summed E-state index contributed by atoms with van der Waals surface area (Å²) in [5.41, 5.74) is -2.24. The van der Waals surface area contributed by atoms with Crippen LogP contribution in [0.15, 0.2) is 42.6 Å². The summed E-state index contributed by atoms with van der Waals surface area (Å²) in [5, 5.41) is 8.22. The third-order valence-corrected chi connectivity index (χ3v) is 5.62. The minimum Gasteiger partial charge on any atom is -0.334 e. The van der Waals surface area contributed by atoms with Gasteiger partial charge in [-0.25, -0.2) is 13.9 Å². The maximum atomic E-state index is 14.5. The molecule has 14 heteroatoms. The van der Waals surface area contributed by atoms with Gasteiger partial charge in [0.05, 0.1) is 17.3 Å². The zero-order valence-corrected chi connectivity index (χ0v) is 19.4. The molecule has 4 aromatic rings. The molecule has 0 aliphatic heterocycles. The second kappa shape index (κ2) is 9.12. The second-order valence-corrected chi connectivity index (χ2v) is 8.25. The highest BCUT2D eigenvalue weighted by molar-refractivity contribution is 6.31. The lowest BCUT2D eigenvalue weighted by Gasteiger charge is -2.21. The van der Waals surface area contributed by atoms with Crippen molar-refractivity contribution in [3.05, 3.63) is 70.5 Å². The monoisotopic (exact) mass is 530 g/mol. The van der Waals surface area contributed by atoms with Crippen LogP contribution in [0.4, 0.5) is 26.3 Å². The van der Waals surface area contributed by atoms with Gasteiger partial charge in [0, 0.05) is 31.4 Å². The minimum absolute atomic E-state index is 0.0711. The lowest BCUT2D eigenvalue weighted by molar-refractivity contribution is -0.291. The number of carbonyl (C=O) groups is 1. The number of hydrogen-bond donors (Lipinski definition) is 0. The number of benzene rings is 1. The molecule has 0 aliphatic rings. The Labute approximate surface area is 204 Å². The van der Waals surface area contributed by atoms with Crippen LogP contribution in [-0.2, 0) is 19.0 Å². The molecule has 1 aromatic carbocycles. The van der Waals surface area contributed by atoms with Crippen LogP contribution in [-0.4, -0.2) is 48.4 Å². The molecule has 0 spiro atoms. The van der Waals surface area contributed by atoms with E-state index in [1.165, 1.54) is 19.2 Å². The third-order valence-electron chi connectivity index (χ3n) is 5.31. The first-order chi connectivity index (χ1) is 16.8. The van der Waals surface area contributed by atoms with Crippen molar-refractivity contribution >= 4 is 23.2 Å². The standard InChI is InChI=1S/C22H17ClF6N6O/c1-3-34-10-14(23)17(31-34)11-33(2)20(36)16-9-19-30-15(12-4-6-13(24)7-5-12)8-18(35(19)32-16)21(25,26)22(27,28)29/h4-10H,3,11H2,1-2H3. The van der Waals surface area contributed by atoms with E-state index < -0.39 is 40.9 Å². The molecule has 0 fully saturated rings. The molecule has 0 aliphatic carbocycles. The van der Waals surface area contributed by atoms with E-state index in [1.54, 1.807) is 10.9 Å². The second-order valence-electron chi connectivity index (χ2n) is 7.85. The van der Waals surface area contributed by atoms with Gasteiger partial charge in [-0.15, -0.1) is 0 Å². The number of halogens is 7. The van der Waals surface area contributed by atoms with E-state index in [2.05, 4.69) is 15.2 Å². The normalized spacial score (nSPS) is 12.4. The molecule has 0 radical (unpaired) electrons. The molecule has 3 heterocycles. The molecule has 4 rings (SSSR count). The summed E-state index contributed by atoms with van der Waals surface area (Å²) in [4.78, 5) is 18.2. The number of nitrogens with zero attached hydrogens (tertiary/aromatic N) is 6. The molecule has 0 atom stereocenters. The fraction of sp³-hybridized carbons (Fsp3) is 0.273. The fourth-order valence-corrected chi connectivity index (χ4v) is 3.62. The number of hydrogen-bond acceptors (Lipinski definition) is 4. The number of aryl methyl sites for hydroxylation is 1. The maximum absolute atomic E-state index is 14.5. The molecule has 0 N–H and O–H groups in total. The first kappa shape index (κ1) is 25.5. The molecule has 0 bridgehead atoms. The van der Waals surface area contributed by atoms with Crippen LogP contribution in [0, 0.1) is 5.82 Å². The molecular weight excluding hydrogens is 514 g/mol. The van der Waals surface area contributed by atoms with Crippen molar-refractivity contribution in [3.63, 3.8) is 0 Å². The van der Waals surface area contributed by atoms with Crippen molar-refractivity contribution in [2.75, 3.05) is 7.05 Å². The Bertz CT molecular complexity index is 1430. The van der Waals surface area contributed by atoms with Gasteiger partial charge in [0.25, 0.3) is 5.91 Å². The number of fused-ring (bicyclic) bond motifs is 1. The van der Waals surface area contributed by atoms with Gasteiger partial charge < -0.3 is 4.90 Å². The van der Waals surface area contributed by atoms with E-state index in [1.807, 2.05) is 6.92 Å². The Kier molecular flexibility index (Phi) is 6.45. The average Bonchev–Trinajstić information content (AvgIpc) is 3.40. The largest absolute Gasteiger partial charge is 0.459 e. The number of amides is 1. The zero-order chi connectivity index (χ0) is 26.4. The van der Waals surface area contributed by atoms with Crippen LogP contribution >= 0.6 is 11.6 Å². The summed E-state index contributed by atoms with van der Waals surface area (Å²) in [6, 6.07) is 5.88. The molecule has 0 saturated heterocycles. The lowest BCUT2D eigenvalue weighted by atomic mass is 10.1. The van der Waals surface area contributed by atoms with Gasteiger partial charge in [-0.3, -0.25) is 9.48 Å². The summed E-state index contributed by atoms with van der Waals surface area (Å²) < 4.78 is 84.0. The van der Waals surface area contributed by atoms with E-state index >= 15 is 0 Å². The predicted octanol–water partition coefficient (Wildman–Crippen LogP) is 5.33. The number of alkyl halides is 5. The predicted molar refractivity (Wildman–Crippen MR) is 117 cm³/mol. The van der Waals surface area contributed by atoms with Crippen LogP contribution in [0.25, 0.3) is 16.9 Å². The Balaban J connectivity index is 1.79. The first-order valence-electron chi connectivity index (χ1n) is 10.4. The fourth-order valence-electron chi connectivity index (χ4n) is 3.41. The molecule has 0 saturated carbocycles. The third kappa shape index (κ3) is 4.62. The highest BCUT2D eigenvalue weighted by atomic mass is 35.5. The highest BCUT2D eigenvalue weighted by Gasteiger charge is 2.60. The summed E-state index contributed by atoms with van der Waals surface area (Å²) in [5.74, 6) is -6.75. The topological polar surface area (TPSA) is 68.3 Å². The van der Waals surface area contributed by atoms with Gasteiger partial charge >= 0.3 is 12.1 Å². The van der Waals surface area contributed by atoms with Gasteiger partial charge in [0.1, 0.15) is 17.2 Å². The summed E-state index contributed by atoms with van der Waals surface area (Å²) >= 11 is 6.12. The molecule has 190 valence electrons. The summed E-state index contributed by atoms with van der Waals surface area (Å²) in [7, 11) is 1.37. The molecule has 7 nitrogen and oxygen atoms in total. The van der Waals surface area contributed by atoms with Crippen molar-refractivity contribution in [1.82, 2.24) is 29.3 Å². The molecule has 1 amide bonds. The molecule has 0 unspecified atom stereocenters. The van der Waals surface area contributed by atoms with Gasteiger partial charge in [-0.1, -0.05) is 11.6 Å². The Morgan fingerprint density at radius 2 is 1.75 bits per heavy atom.